The van der Waals surface area contributed by atoms with Crippen LogP contribution >= 0.6 is 11.8 Å². The monoisotopic (exact) mass is 525 g/mol. The number of aliphatic imine (C=N–C) groups is 1. The van der Waals surface area contributed by atoms with Crippen molar-refractivity contribution in [3.05, 3.63) is 70.4 Å². The number of nitrogens with zero attached hydrogens (tertiary/aromatic N) is 4. The fourth-order valence-electron chi connectivity index (χ4n) is 4.23. The number of amides is 1. The SMILES string of the molecule is Cc1ccc(OCCn2c(C)c(C=C3C(=N)N4N=C(C(F)(F)F)SC4=NC3=O)c3cc(C)ccc32)cc1. The number of alkyl halides is 3. The highest BCUT2D eigenvalue weighted by atomic mass is 32.2. The molecular formula is C26H22F3N5O2S. The fourth-order valence-corrected chi connectivity index (χ4v) is 4.99. The van der Waals surface area contributed by atoms with Gasteiger partial charge >= 0.3 is 6.18 Å². The number of aromatic nitrogens is 1. The van der Waals surface area contributed by atoms with Gasteiger partial charge in [-0.1, -0.05) is 29.3 Å². The maximum Gasteiger partial charge on any atom is 0.441 e. The molecule has 0 radical (unpaired) electrons. The number of aryl methyl sites for hydroxylation is 2. The first-order valence-corrected chi connectivity index (χ1v) is 12.2. The number of halogens is 3. The molecule has 5 rings (SSSR count). The van der Waals surface area contributed by atoms with Crippen molar-refractivity contribution < 1.29 is 22.7 Å². The van der Waals surface area contributed by atoms with Crippen LogP contribution in [0, 0.1) is 26.2 Å². The van der Waals surface area contributed by atoms with Crippen LogP contribution in [0.1, 0.15) is 22.4 Å². The Bertz CT molecular complexity index is 1530. The zero-order chi connectivity index (χ0) is 26.5. The van der Waals surface area contributed by atoms with Gasteiger partial charge in [-0.15, -0.1) is 0 Å². The highest BCUT2D eigenvalue weighted by Crippen LogP contribution is 2.36. The number of nitrogens with one attached hydrogen (secondary N) is 1. The van der Waals surface area contributed by atoms with Crippen LogP contribution in [0.2, 0.25) is 0 Å². The minimum absolute atomic E-state index is 0.129. The van der Waals surface area contributed by atoms with Crippen molar-refractivity contribution in [2.24, 2.45) is 10.1 Å². The van der Waals surface area contributed by atoms with E-state index < -0.39 is 23.0 Å². The van der Waals surface area contributed by atoms with Crippen LogP contribution < -0.4 is 4.74 Å². The molecule has 0 unspecified atom stereocenters. The molecule has 3 heterocycles. The molecule has 0 saturated heterocycles. The molecule has 0 spiro atoms. The van der Waals surface area contributed by atoms with Gasteiger partial charge in [0.2, 0.25) is 10.2 Å². The van der Waals surface area contributed by atoms with Crippen molar-refractivity contribution in [2.75, 3.05) is 6.61 Å². The Hall–Kier alpha value is -3.86. The van der Waals surface area contributed by atoms with Gasteiger partial charge in [0.25, 0.3) is 5.91 Å². The lowest BCUT2D eigenvalue weighted by Crippen LogP contribution is -2.35. The molecule has 11 heteroatoms. The summed E-state index contributed by atoms with van der Waals surface area (Å²) in [5.41, 5.74) is 4.44. The summed E-state index contributed by atoms with van der Waals surface area (Å²) in [5.74, 6) is -0.467. The standard InChI is InChI=1S/C26H22F3N5O2S/c1-14-4-7-17(8-5-14)36-11-10-33-16(3)18(19-12-15(2)6-9-21(19)33)13-20-22(30)34-25(31-23(20)35)37-24(32-34)26(27,28)29/h4-9,12-13,30H,10-11H2,1-3H3. The fraction of sp³-hybridized carbons (Fsp3) is 0.231. The molecule has 2 aromatic carbocycles. The van der Waals surface area contributed by atoms with E-state index >= 15 is 0 Å². The van der Waals surface area contributed by atoms with Crippen LogP contribution in [0.5, 0.6) is 5.75 Å². The van der Waals surface area contributed by atoms with Gasteiger partial charge < -0.3 is 9.30 Å². The lowest BCUT2D eigenvalue weighted by atomic mass is 10.0. The molecular weight excluding hydrogens is 503 g/mol. The summed E-state index contributed by atoms with van der Waals surface area (Å²) in [6, 6.07) is 13.7. The van der Waals surface area contributed by atoms with Crippen molar-refractivity contribution in [1.82, 2.24) is 9.58 Å². The van der Waals surface area contributed by atoms with Crippen molar-refractivity contribution in [3.8, 4) is 5.75 Å². The molecule has 1 amide bonds. The maximum absolute atomic E-state index is 13.1. The van der Waals surface area contributed by atoms with Crippen molar-refractivity contribution in [2.45, 2.75) is 33.5 Å². The number of ether oxygens (including phenoxy) is 1. The Labute approximate surface area is 214 Å². The second-order valence-electron chi connectivity index (χ2n) is 8.76. The van der Waals surface area contributed by atoms with Gasteiger partial charge in [0.1, 0.15) is 12.4 Å². The quantitative estimate of drug-likeness (QED) is 0.425. The van der Waals surface area contributed by atoms with E-state index in [1.54, 1.807) is 0 Å². The molecule has 1 aromatic heterocycles. The van der Waals surface area contributed by atoms with E-state index in [-0.39, 0.29) is 22.5 Å². The molecule has 3 aromatic rings. The first kappa shape index (κ1) is 24.8. The number of hydrazone groups is 1. The van der Waals surface area contributed by atoms with Crippen LogP contribution in [-0.2, 0) is 11.3 Å². The van der Waals surface area contributed by atoms with Crippen LogP contribution in [-0.4, -0.2) is 44.3 Å². The van der Waals surface area contributed by atoms with Crippen molar-refractivity contribution in [3.63, 3.8) is 0 Å². The average Bonchev–Trinajstić information content (AvgIpc) is 3.38. The molecule has 0 fully saturated rings. The molecule has 0 bridgehead atoms. The van der Waals surface area contributed by atoms with Gasteiger partial charge in [0, 0.05) is 22.2 Å². The van der Waals surface area contributed by atoms with Gasteiger partial charge in [-0.2, -0.15) is 28.3 Å². The third-order valence-electron chi connectivity index (χ3n) is 6.12. The predicted octanol–water partition coefficient (Wildman–Crippen LogP) is 5.83. The van der Waals surface area contributed by atoms with E-state index in [4.69, 9.17) is 10.1 Å². The number of hydrogen-bond acceptors (Lipinski definition) is 5. The smallest absolute Gasteiger partial charge is 0.441 e. The van der Waals surface area contributed by atoms with Gasteiger partial charge in [-0.3, -0.25) is 10.2 Å². The second-order valence-corrected chi connectivity index (χ2v) is 9.71. The number of carbonyl (C=O) groups excluding carboxylic acids is 1. The van der Waals surface area contributed by atoms with E-state index in [1.807, 2.05) is 63.2 Å². The third kappa shape index (κ3) is 4.66. The molecule has 2 aliphatic heterocycles. The Morgan fingerprint density at radius 2 is 1.78 bits per heavy atom. The highest BCUT2D eigenvalue weighted by Gasteiger charge is 2.46. The minimum Gasteiger partial charge on any atom is -0.492 e. The zero-order valence-electron chi connectivity index (χ0n) is 20.2. The topological polar surface area (TPSA) is 83.0 Å². The number of thioether (sulfide) groups is 1. The van der Waals surface area contributed by atoms with Crippen LogP contribution in [0.3, 0.4) is 0 Å². The molecule has 1 N–H and O–H groups in total. The van der Waals surface area contributed by atoms with Crippen LogP contribution in [0.25, 0.3) is 17.0 Å². The number of hydrogen-bond donors (Lipinski definition) is 1. The predicted molar refractivity (Wildman–Crippen MR) is 139 cm³/mol. The summed E-state index contributed by atoms with van der Waals surface area (Å²) in [7, 11) is 0. The first-order valence-electron chi connectivity index (χ1n) is 11.4. The first-order chi connectivity index (χ1) is 17.5. The van der Waals surface area contributed by atoms with E-state index in [9.17, 15) is 18.0 Å². The number of fused-ring (bicyclic) bond motifs is 2. The summed E-state index contributed by atoms with van der Waals surface area (Å²) in [6.45, 7) is 6.77. The van der Waals surface area contributed by atoms with E-state index in [0.29, 0.717) is 18.7 Å². The lowest BCUT2D eigenvalue weighted by Gasteiger charge is -2.20. The molecule has 7 nitrogen and oxygen atoms in total. The minimum atomic E-state index is -4.69. The largest absolute Gasteiger partial charge is 0.492 e. The van der Waals surface area contributed by atoms with Crippen LogP contribution in [0.4, 0.5) is 13.2 Å². The Morgan fingerprint density at radius 1 is 1.08 bits per heavy atom. The number of rotatable bonds is 5. The third-order valence-corrected chi connectivity index (χ3v) is 7.07. The van der Waals surface area contributed by atoms with Crippen molar-refractivity contribution in [1.29, 1.82) is 5.41 Å². The maximum atomic E-state index is 13.1. The van der Waals surface area contributed by atoms with E-state index in [0.717, 1.165) is 38.5 Å². The Kier molecular flexibility index (Phi) is 6.18. The summed E-state index contributed by atoms with van der Waals surface area (Å²) in [4.78, 5) is 16.6. The van der Waals surface area contributed by atoms with Gasteiger partial charge in [-0.25, -0.2) is 0 Å². The van der Waals surface area contributed by atoms with Crippen LogP contribution in [0.15, 0.2) is 58.1 Å². The molecule has 0 saturated carbocycles. The van der Waals surface area contributed by atoms with E-state index in [1.165, 1.54) is 6.08 Å². The summed E-state index contributed by atoms with van der Waals surface area (Å²) < 4.78 is 47.4. The summed E-state index contributed by atoms with van der Waals surface area (Å²) in [5, 5.41) is 12.1. The molecule has 0 atom stereocenters. The van der Waals surface area contributed by atoms with Gasteiger partial charge in [-0.05, 0) is 62.9 Å². The number of carbonyl (C=O) groups is 1. The molecule has 0 aliphatic carbocycles. The normalized spacial score (nSPS) is 16.9. The average molecular weight is 526 g/mol. The summed E-state index contributed by atoms with van der Waals surface area (Å²) in [6.07, 6.45) is -3.18. The molecule has 37 heavy (non-hydrogen) atoms. The van der Waals surface area contributed by atoms with Crippen molar-refractivity contribution >= 4 is 50.7 Å². The molecule has 190 valence electrons. The summed E-state index contributed by atoms with van der Waals surface area (Å²) >= 11 is 0.231. The van der Waals surface area contributed by atoms with Gasteiger partial charge in [0.15, 0.2) is 5.84 Å². The van der Waals surface area contributed by atoms with E-state index in [2.05, 4.69) is 14.7 Å². The highest BCUT2D eigenvalue weighted by molar-refractivity contribution is 8.27. The zero-order valence-corrected chi connectivity index (χ0v) is 21.0. The van der Waals surface area contributed by atoms with Gasteiger partial charge in [0.05, 0.1) is 12.1 Å². The lowest BCUT2D eigenvalue weighted by molar-refractivity contribution is -0.114. The Morgan fingerprint density at radius 3 is 2.49 bits per heavy atom. The second kappa shape index (κ2) is 9.22. The number of amidine groups is 2. The molecule has 2 aliphatic rings. The number of benzene rings is 2. The Balaban J connectivity index is 1.50.